The van der Waals surface area contributed by atoms with E-state index in [2.05, 4.69) is 16.0 Å². The Morgan fingerprint density at radius 2 is 1.60 bits per heavy atom. The van der Waals surface area contributed by atoms with Crippen molar-refractivity contribution in [3.63, 3.8) is 0 Å². The van der Waals surface area contributed by atoms with Crippen LogP contribution >= 0.6 is 11.6 Å². The Morgan fingerprint density at radius 3 is 2.33 bits per heavy atom. The Morgan fingerprint density at radius 1 is 0.911 bits per heavy atom. The van der Waals surface area contributed by atoms with E-state index in [0.29, 0.717) is 42.0 Å². The van der Waals surface area contributed by atoms with Crippen LogP contribution in [-0.4, -0.2) is 47.5 Å². The molecule has 0 bridgehead atoms. The first-order valence-corrected chi connectivity index (χ1v) is 14.8. The minimum Gasteiger partial charge on any atom is -0.445 e. The molecule has 4 aromatic rings. The number of nitrogens with zero attached hydrogens (tertiary/aromatic N) is 4. The van der Waals surface area contributed by atoms with Gasteiger partial charge in [-0.15, -0.1) is 0 Å². The number of rotatable bonds is 7. The van der Waals surface area contributed by atoms with Crippen LogP contribution in [0.4, 0.5) is 21.0 Å². The molecule has 0 aromatic heterocycles. The van der Waals surface area contributed by atoms with Crippen molar-refractivity contribution < 1.29 is 14.3 Å². The first-order valence-electron chi connectivity index (χ1n) is 14.4. The largest absolute Gasteiger partial charge is 0.445 e. The summed E-state index contributed by atoms with van der Waals surface area (Å²) in [5, 5.41) is 18.7. The number of anilines is 1. The molecule has 0 aliphatic carbocycles. The fraction of sp³-hybridized carbons (Fsp3) is 0.176. The molecule has 1 aliphatic rings. The quantitative estimate of drug-likeness (QED) is 0.0948. The molecule has 5 rings (SSSR count). The SMILES string of the molecule is N#CNC(=Nc1ccccc1CNC(=O)OCc1ccccc1)N1CCN(C(=O)Nc2ccc(Cl)cc2)C(c2ccccc2)C1. The molecule has 1 atom stereocenters. The van der Waals surface area contributed by atoms with Crippen LogP contribution in [0.3, 0.4) is 0 Å². The van der Waals surface area contributed by atoms with Gasteiger partial charge in [0, 0.05) is 36.9 Å². The number of benzene rings is 4. The van der Waals surface area contributed by atoms with E-state index in [-0.39, 0.29) is 25.2 Å². The second kappa shape index (κ2) is 15.3. The van der Waals surface area contributed by atoms with Crippen LogP contribution in [0.2, 0.25) is 5.02 Å². The van der Waals surface area contributed by atoms with Crippen LogP contribution < -0.4 is 16.0 Å². The van der Waals surface area contributed by atoms with E-state index >= 15 is 0 Å². The summed E-state index contributed by atoms with van der Waals surface area (Å²) in [5.74, 6) is 0.343. The fourth-order valence-corrected chi connectivity index (χ4v) is 5.09. The number of guanidine groups is 1. The highest BCUT2D eigenvalue weighted by molar-refractivity contribution is 6.30. The van der Waals surface area contributed by atoms with Gasteiger partial charge in [0.05, 0.1) is 11.7 Å². The molecular formula is C34H32ClN7O3. The van der Waals surface area contributed by atoms with E-state index in [4.69, 9.17) is 21.3 Å². The highest BCUT2D eigenvalue weighted by atomic mass is 35.5. The number of hydrogen-bond acceptors (Lipinski definition) is 5. The molecule has 1 aliphatic heterocycles. The summed E-state index contributed by atoms with van der Waals surface area (Å²) in [7, 11) is 0. The van der Waals surface area contributed by atoms with E-state index < -0.39 is 6.09 Å². The molecule has 1 fully saturated rings. The zero-order valence-electron chi connectivity index (χ0n) is 24.4. The molecule has 4 aromatic carbocycles. The van der Waals surface area contributed by atoms with Gasteiger partial charge in [-0.1, -0.05) is 90.5 Å². The lowest BCUT2D eigenvalue weighted by atomic mass is 10.0. The molecule has 0 saturated carbocycles. The Kier molecular flexibility index (Phi) is 10.5. The van der Waals surface area contributed by atoms with Crippen LogP contribution in [0.15, 0.2) is 114 Å². The Labute approximate surface area is 266 Å². The molecule has 3 N–H and O–H groups in total. The van der Waals surface area contributed by atoms with Gasteiger partial charge in [0.15, 0.2) is 6.19 Å². The number of carbonyl (C=O) groups is 2. The maximum Gasteiger partial charge on any atom is 0.407 e. The average molecular weight is 622 g/mol. The van der Waals surface area contributed by atoms with Crippen molar-refractivity contribution in [1.29, 1.82) is 5.26 Å². The third-order valence-corrected chi connectivity index (χ3v) is 7.49. The van der Waals surface area contributed by atoms with Crippen LogP contribution in [-0.2, 0) is 17.9 Å². The Bertz CT molecular complexity index is 1660. The number of carbonyl (C=O) groups excluding carboxylic acids is 2. The minimum atomic E-state index is -0.549. The van der Waals surface area contributed by atoms with Crippen LogP contribution in [0.1, 0.15) is 22.7 Å². The summed E-state index contributed by atoms with van der Waals surface area (Å²) in [5.41, 5.74) is 3.80. The second-order valence-corrected chi connectivity index (χ2v) is 10.7. The van der Waals surface area contributed by atoms with Gasteiger partial charge in [-0.2, -0.15) is 5.26 Å². The first kappa shape index (κ1) is 30.9. The van der Waals surface area contributed by atoms with Crippen molar-refractivity contribution in [2.45, 2.75) is 19.2 Å². The predicted octanol–water partition coefficient (Wildman–Crippen LogP) is 6.42. The summed E-state index contributed by atoms with van der Waals surface area (Å²) in [4.78, 5) is 34.4. The number of para-hydroxylation sites is 1. The molecule has 0 radical (unpaired) electrons. The average Bonchev–Trinajstić information content (AvgIpc) is 3.08. The van der Waals surface area contributed by atoms with Crippen molar-refractivity contribution in [3.8, 4) is 6.19 Å². The number of ether oxygens (including phenoxy) is 1. The van der Waals surface area contributed by atoms with Gasteiger partial charge >= 0.3 is 12.1 Å². The van der Waals surface area contributed by atoms with Crippen LogP contribution in [0, 0.1) is 11.5 Å². The van der Waals surface area contributed by atoms with Gasteiger partial charge in [-0.25, -0.2) is 14.6 Å². The zero-order valence-corrected chi connectivity index (χ0v) is 25.2. The third-order valence-electron chi connectivity index (χ3n) is 7.24. The van der Waals surface area contributed by atoms with Crippen molar-refractivity contribution in [3.05, 3.63) is 131 Å². The summed E-state index contributed by atoms with van der Waals surface area (Å²) < 4.78 is 5.34. The minimum absolute atomic E-state index is 0.162. The normalized spacial score (nSPS) is 14.7. The van der Waals surface area contributed by atoms with E-state index in [0.717, 1.165) is 16.7 Å². The molecular weight excluding hydrogens is 590 g/mol. The van der Waals surface area contributed by atoms with E-state index in [9.17, 15) is 14.9 Å². The standard InChI is InChI=1S/C34H32ClN7O3/c35-28-15-17-29(18-16-28)39-33(43)42-20-19-41(22-31(42)26-11-5-2-6-12-26)32(38-24-36)40-30-14-8-7-13-27(30)21-37-34(44)45-23-25-9-3-1-4-10-25/h1-18,31H,19-23H2,(H,37,44)(H,38,40)(H,39,43). The second-order valence-electron chi connectivity index (χ2n) is 10.2. The fourth-order valence-electron chi connectivity index (χ4n) is 4.96. The number of alkyl carbamates (subject to hydrolysis) is 1. The number of hydrogen-bond donors (Lipinski definition) is 3. The van der Waals surface area contributed by atoms with Gasteiger partial charge in [-0.05, 0) is 47.0 Å². The van der Waals surface area contributed by atoms with Crippen molar-refractivity contribution in [2.75, 3.05) is 25.0 Å². The van der Waals surface area contributed by atoms with Crippen molar-refractivity contribution in [1.82, 2.24) is 20.4 Å². The molecule has 45 heavy (non-hydrogen) atoms. The van der Waals surface area contributed by atoms with Gasteiger partial charge < -0.3 is 25.2 Å². The monoisotopic (exact) mass is 621 g/mol. The smallest absolute Gasteiger partial charge is 0.407 e. The van der Waals surface area contributed by atoms with Crippen LogP contribution in [0.25, 0.3) is 0 Å². The lowest BCUT2D eigenvalue weighted by molar-refractivity contribution is 0.135. The summed E-state index contributed by atoms with van der Waals surface area (Å²) in [6.07, 6.45) is 1.45. The van der Waals surface area contributed by atoms with Gasteiger partial charge in [0.1, 0.15) is 6.61 Å². The lowest BCUT2D eigenvalue weighted by Crippen LogP contribution is -2.55. The summed E-state index contributed by atoms with van der Waals surface area (Å²) >= 11 is 6.01. The van der Waals surface area contributed by atoms with E-state index in [1.165, 1.54) is 0 Å². The molecule has 11 heteroatoms. The molecule has 0 spiro atoms. The predicted molar refractivity (Wildman–Crippen MR) is 174 cm³/mol. The molecule has 228 valence electrons. The van der Waals surface area contributed by atoms with Crippen molar-refractivity contribution >= 4 is 41.1 Å². The zero-order chi connectivity index (χ0) is 31.4. The van der Waals surface area contributed by atoms with Crippen LogP contribution in [0.5, 0.6) is 0 Å². The highest BCUT2D eigenvalue weighted by Crippen LogP contribution is 2.28. The summed E-state index contributed by atoms with van der Waals surface area (Å²) in [6, 6.07) is 32.9. The van der Waals surface area contributed by atoms with Gasteiger partial charge in [0.25, 0.3) is 0 Å². The Balaban J connectivity index is 1.31. The summed E-state index contributed by atoms with van der Waals surface area (Å²) in [6.45, 7) is 1.53. The topological polar surface area (TPSA) is 122 Å². The van der Waals surface area contributed by atoms with E-state index in [1.807, 2.05) is 96.0 Å². The first-order chi connectivity index (χ1) is 22.0. The molecule has 1 heterocycles. The number of nitrogens with one attached hydrogen (secondary N) is 3. The van der Waals surface area contributed by atoms with Crippen molar-refractivity contribution in [2.24, 2.45) is 4.99 Å². The number of amides is 3. The highest BCUT2D eigenvalue weighted by Gasteiger charge is 2.33. The van der Waals surface area contributed by atoms with Gasteiger partial charge in [0.2, 0.25) is 5.96 Å². The maximum atomic E-state index is 13.4. The number of piperazine rings is 1. The maximum absolute atomic E-state index is 13.4. The molecule has 3 amide bonds. The number of aliphatic imine (C=N–C) groups is 1. The Hall–Kier alpha value is -5.53. The van der Waals surface area contributed by atoms with Gasteiger partial charge in [-0.3, -0.25) is 5.32 Å². The number of halogens is 1. The third kappa shape index (κ3) is 8.53. The number of urea groups is 1. The molecule has 1 unspecified atom stereocenters. The molecule has 1 saturated heterocycles. The number of nitriles is 1. The van der Waals surface area contributed by atoms with E-state index in [1.54, 1.807) is 29.2 Å². The lowest BCUT2D eigenvalue weighted by Gasteiger charge is -2.42. The molecule has 10 nitrogen and oxygen atoms in total.